The number of aromatic nitrogens is 2. The molecule has 0 radical (unpaired) electrons. The van der Waals surface area contributed by atoms with Crippen molar-refractivity contribution in [2.45, 2.75) is 84.0 Å². The summed E-state index contributed by atoms with van der Waals surface area (Å²) in [7, 11) is 0. The van der Waals surface area contributed by atoms with Crippen molar-refractivity contribution < 1.29 is 4.74 Å². The second-order valence-corrected chi connectivity index (χ2v) is 9.25. The highest BCUT2D eigenvalue weighted by Crippen LogP contribution is 2.37. The van der Waals surface area contributed by atoms with Crippen LogP contribution < -0.4 is 4.74 Å². The van der Waals surface area contributed by atoms with Crippen molar-refractivity contribution in [2.75, 3.05) is 6.61 Å². The van der Waals surface area contributed by atoms with E-state index in [1.807, 2.05) is 24.5 Å². The number of nitrogens with zero attached hydrogens (tertiary/aromatic N) is 2. The minimum atomic E-state index is 0.632. The summed E-state index contributed by atoms with van der Waals surface area (Å²) in [5, 5.41) is 0. The van der Waals surface area contributed by atoms with Gasteiger partial charge in [0.05, 0.1) is 11.1 Å². The number of halogens is 1. The van der Waals surface area contributed by atoms with Gasteiger partial charge in [-0.3, -0.25) is 0 Å². The van der Waals surface area contributed by atoms with E-state index in [4.69, 9.17) is 4.74 Å². The van der Waals surface area contributed by atoms with E-state index in [1.54, 1.807) is 0 Å². The summed E-state index contributed by atoms with van der Waals surface area (Å²) >= 11 is 3.62. The van der Waals surface area contributed by atoms with Gasteiger partial charge in [-0.2, -0.15) is 0 Å². The Morgan fingerprint density at radius 3 is 2.34 bits per heavy atom. The summed E-state index contributed by atoms with van der Waals surface area (Å²) in [6.45, 7) is 5.21. The molecule has 0 atom stereocenters. The minimum Gasteiger partial charge on any atom is -0.492 e. The Labute approximate surface area is 184 Å². The van der Waals surface area contributed by atoms with Gasteiger partial charge in [-0.25, -0.2) is 9.97 Å². The fourth-order valence-corrected chi connectivity index (χ4v) is 4.74. The molecule has 1 aromatic carbocycles. The maximum atomic E-state index is 5.82. The third kappa shape index (κ3) is 6.53. The minimum absolute atomic E-state index is 0.632. The number of rotatable bonds is 10. The van der Waals surface area contributed by atoms with Gasteiger partial charge in [0.15, 0.2) is 5.82 Å². The third-order valence-corrected chi connectivity index (χ3v) is 6.77. The van der Waals surface area contributed by atoms with Gasteiger partial charge >= 0.3 is 0 Å². The maximum absolute atomic E-state index is 5.82. The fraction of sp³-hybridized carbons (Fsp3) is 0.600. The Balaban J connectivity index is 1.56. The molecule has 3 rings (SSSR count). The Hall–Kier alpha value is -1.42. The summed E-state index contributed by atoms with van der Waals surface area (Å²) in [5.41, 5.74) is 2.32. The standard InChI is InChI=1S/C25H35BrN2O/c1-3-5-7-8-19-9-11-20(12-10-19)22-17-27-25(28-18-22)21-13-14-24(23(26)16-21)29-15-6-4-2/h13-14,16-20H,3-12,15H2,1-2H3. The Kier molecular flexibility index (Phi) is 8.97. The molecule has 0 bridgehead atoms. The highest BCUT2D eigenvalue weighted by Gasteiger charge is 2.22. The van der Waals surface area contributed by atoms with Crippen molar-refractivity contribution in [3.8, 4) is 17.1 Å². The van der Waals surface area contributed by atoms with Gasteiger partial charge in [0, 0.05) is 18.0 Å². The zero-order valence-corrected chi connectivity index (χ0v) is 19.6. The summed E-state index contributed by atoms with van der Waals surface area (Å²) < 4.78 is 6.78. The van der Waals surface area contributed by atoms with Crippen LogP contribution in [0.15, 0.2) is 35.1 Å². The van der Waals surface area contributed by atoms with E-state index in [0.717, 1.165) is 47.0 Å². The highest BCUT2D eigenvalue weighted by molar-refractivity contribution is 9.10. The smallest absolute Gasteiger partial charge is 0.159 e. The maximum Gasteiger partial charge on any atom is 0.159 e. The van der Waals surface area contributed by atoms with E-state index in [-0.39, 0.29) is 0 Å². The molecule has 0 N–H and O–H groups in total. The summed E-state index contributed by atoms with van der Waals surface area (Å²) in [4.78, 5) is 9.35. The third-order valence-electron chi connectivity index (χ3n) is 6.15. The average molecular weight is 459 g/mol. The van der Waals surface area contributed by atoms with Gasteiger partial charge in [-0.15, -0.1) is 0 Å². The molecular weight excluding hydrogens is 424 g/mol. The number of benzene rings is 1. The Morgan fingerprint density at radius 2 is 1.69 bits per heavy atom. The molecular formula is C25H35BrN2O. The topological polar surface area (TPSA) is 35.0 Å². The molecule has 3 nitrogen and oxygen atoms in total. The molecule has 2 aromatic rings. The van der Waals surface area contributed by atoms with E-state index in [2.05, 4.69) is 45.8 Å². The zero-order chi connectivity index (χ0) is 20.5. The molecule has 0 amide bonds. The predicted molar refractivity (Wildman–Crippen MR) is 124 cm³/mol. The first-order valence-electron chi connectivity index (χ1n) is 11.5. The lowest BCUT2D eigenvalue weighted by molar-refractivity contribution is 0.302. The number of ether oxygens (including phenoxy) is 1. The first-order chi connectivity index (χ1) is 14.2. The van der Waals surface area contributed by atoms with Crippen molar-refractivity contribution >= 4 is 15.9 Å². The van der Waals surface area contributed by atoms with Crippen LogP contribution in [0.2, 0.25) is 0 Å². The van der Waals surface area contributed by atoms with E-state index in [0.29, 0.717) is 5.92 Å². The highest BCUT2D eigenvalue weighted by atomic mass is 79.9. The monoisotopic (exact) mass is 458 g/mol. The van der Waals surface area contributed by atoms with Crippen LogP contribution in [0.25, 0.3) is 11.4 Å². The summed E-state index contributed by atoms with van der Waals surface area (Å²) in [6.07, 6.45) is 17.1. The van der Waals surface area contributed by atoms with Crippen LogP contribution in [-0.4, -0.2) is 16.6 Å². The van der Waals surface area contributed by atoms with Crippen LogP contribution in [0.3, 0.4) is 0 Å². The molecule has 158 valence electrons. The molecule has 0 spiro atoms. The molecule has 1 heterocycles. The van der Waals surface area contributed by atoms with E-state index in [9.17, 15) is 0 Å². The van der Waals surface area contributed by atoms with Crippen LogP contribution in [-0.2, 0) is 0 Å². The first kappa shape index (κ1) is 22.3. The number of hydrogen-bond acceptors (Lipinski definition) is 3. The number of hydrogen-bond donors (Lipinski definition) is 0. The average Bonchev–Trinajstić information content (AvgIpc) is 2.76. The molecule has 29 heavy (non-hydrogen) atoms. The fourth-order valence-electron chi connectivity index (χ4n) is 4.25. The van der Waals surface area contributed by atoms with Gasteiger partial charge in [0.25, 0.3) is 0 Å². The lowest BCUT2D eigenvalue weighted by atomic mass is 9.77. The lowest BCUT2D eigenvalue weighted by Gasteiger charge is -2.28. The van der Waals surface area contributed by atoms with Crippen LogP contribution in [0, 0.1) is 5.92 Å². The van der Waals surface area contributed by atoms with Crippen molar-refractivity contribution in [3.63, 3.8) is 0 Å². The van der Waals surface area contributed by atoms with Crippen molar-refractivity contribution in [3.05, 3.63) is 40.6 Å². The second kappa shape index (κ2) is 11.7. The molecule has 1 fully saturated rings. The Morgan fingerprint density at radius 1 is 0.966 bits per heavy atom. The Bertz CT molecular complexity index is 739. The van der Waals surface area contributed by atoms with Crippen LogP contribution in [0.1, 0.15) is 89.5 Å². The molecule has 0 saturated heterocycles. The number of unbranched alkanes of at least 4 members (excludes halogenated alkanes) is 3. The molecule has 1 aliphatic rings. The molecule has 0 aliphatic heterocycles. The van der Waals surface area contributed by atoms with Gasteiger partial charge < -0.3 is 4.74 Å². The SMILES string of the molecule is CCCCCC1CCC(c2cnc(-c3ccc(OCCCC)c(Br)c3)nc2)CC1. The summed E-state index contributed by atoms with van der Waals surface area (Å²) in [5.74, 6) is 3.23. The van der Waals surface area contributed by atoms with Crippen molar-refractivity contribution in [1.82, 2.24) is 9.97 Å². The summed E-state index contributed by atoms with van der Waals surface area (Å²) in [6, 6.07) is 6.10. The predicted octanol–water partition coefficient (Wildman–Crippen LogP) is 7.94. The zero-order valence-electron chi connectivity index (χ0n) is 18.0. The van der Waals surface area contributed by atoms with Crippen LogP contribution in [0.5, 0.6) is 5.75 Å². The van der Waals surface area contributed by atoms with E-state index < -0.39 is 0 Å². The van der Waals surface area contributed by atoms with Gasteiger partial charge in [0.2, 0.25) is 0 Å². The van der Waals surface area contributed by atoms with Crippen LogP contribution in [0.4, 0.5) is 0 Å². The van der Waals surface area contributed by atoms with E-state index >= 15 is 0 Å². The van der Waals surface area contributed by atoms with Gasteiger partial charge in [0.1, 0.15) is 5.75 Å². The van der Waals surface area contributed by atoms with Gasteiger partial charge in [-0.05, 0) is 83.6 Å². The largest absolute Gasteiger partial charge is 0.492 e. The van der Waals surface area contributed by atoms with Gasteiger partial charge in [-0.1, -0.05) is 46.0 Å². The van der Waals surface area contributed by atoms with Crippen molar-refractivity contribution in [2.24, 2.45) is 5.92 Å². The quantitative estimate of drug-likeness (QED) is 0.338. The molecule has 1 saturated carbocycles. The molecule has 0 unspecified atom stereocenters. The van der Waals surface area contributed by atoms with Crippen molar-refractivity contribution in [1.29, 1.82) is 0 Å². The molecule has 1 aromatic heterocycles. The normalized spacial score (nSPS) is 19.3. The van der Waals surface area contributed by atoms with E-state index in [1.165, 1.54) is 56.9 Å². The lowest BCUT2D eigenvalue weighted by Crippen LogP contribution is -2.14. The van der Waals surface area contributed by atoms with Crippen LogP contribution >= 0.6 is 15.9 Å². The molecule has 4 heteroatoms. The first-order valence-corrected chi connectivity index (χ1v) is 12.2. The second-order valence-electron chi connectivity index (χ2n) is 8.40. The molecule has 1 aliphatic carbocycles.